The van der Waals surface area contributed by atoms with Crippen LogP contribution >= 0.6 is 0 Å². The van der Waals surface area contributed by atoms with Crippen LogP contribution in [0, 0.1) is 0 Å². The minimum atomic E-state index is -0.480. The van der Waals surface area contributed by atoms with Gasteiger partial charge in [0, 0.05) is 23.8 Å². The maximum Gasteiger partial charge on any atom is 0.0936 e. The van der Waals surface area contributed by atoms with E-state index in [0.717, 1.165) is 5.56 Å². The average Bonchev–Trinajstić information content (AvgIpc) is 2.15. The van der Waals surface area contributed by atoms with Crippen molar-refractivity contribution in [3.8, 4) is 0 Å². The van der Waals surface area contributed by atoms with Gasteiger partial charge in [0.15, 0.2) is 0 Å². The topological polar surface area (TPSA) is 49.5 Å². The van der Waals surface area contributed by atoms with Crippen LogP contribution in [0.2, 0.25) is 0 Å². The molecule has 16 heavy (non-hydrogen) atoms. The summed E-state index contributed by atoms with van der Waals surface area (Å²) in [4.78, 5) is 2.24. The van der Waals surface area contributed by atoms with Crippen LogP contribution in [0.1, 0.15) is 30.9 Å². The molecule has 1 fully saturated rings. The molecule has 1 unspecified atom stereocenters. The summed E-state index contributed by atoms with van der Waals surface area (Å²) in [6.45, 7) is 0.666. The molecule has 88 valence electrons. The molecule has 0 bridgehead atoms. The first-order valence-electron chi connectivity index (χ1n) is 5.91. The van der Waals surface area contributed by atoms with E-state index >= 15 is 0 Å². The second-order valence-electron chi connectivity index (χ2n) is 4.67. The van der Waals surface area contributed by atoms with Gasteiger partial charge in [0.05, 0.1) is 6.10 Å². The van der Waals surface area contributed by atoms with E-state index < -0.39 is 6.10 Å². The highest BCUT2D eigenvalue weighted by Gasteiger charge is 2.24. The highest BCUT2D eigenvalue weighted by molar-refractivity contribution is 5.47. The number of nitrogens with zero attached hydrogens (tertiary/aromatic N) is 1. The monoisotopic (exact) mass is 220 g/mol. The molecule has 0 aromatic heterocycles. The van der Waals surface area contributed by atoms with Gasteiger partial charge >= 0.3 is 0 Å². The number of hydrogen-bond acceptors (Lipinski definition) is 3. The number of hydrogen-bond donors (Lipinski definition) is 2. The summed E-state index contributed by atoms with van der Waals surface area (Å²) >= 11 is 0. The van der Waals surface area contributed by atoms with Crippen LogP contribution in [0.3, 0.4) is 0 Å². The van der Waals surface area contributed by atoms with Gasteiger partial charge in [0.25, 0.3) is 0 Å². The van der Waals surface area contributed by atoms with E-state index in [4.69, 9.17) is 5.73 Å². The molecule has 1 atom stereocenters. The second-order valence-corrected chi connectivity index (χ2v) is 4.67. The molecular formula is C13H20N2O. The van der Waals surface area contributed by atoms with Crippen LogP contribution in [-0.4, -0.2) is 29.6 Å². The van der Waals surface area contributed by atoms with Gasteiger partial charge in [-0.25, -0.2) is 0 Å². The van der Waals surface area contributed by atoms with Gasteiger partial charge in [-0.15, -0.1) is 0 Å². The molecule has 3 heteroatoms. The molecule has 1 saturated carbocycles. The first kappa shape index (κ1) is 11.4. The van der Waals surface area contributed by atoms with Crippen molar-refractivity contribution in [1.82, 2.24) is 4.90 Å². The first-order valence-corrected chi connectivity index (χ1v) is 5.91. The Morgan fingerprint density at radius 1 is 1.44 bits per heavy atom. The molecule has 3 N–H and O–H groups in total. The van der Waals surface area contributed by atoms with Crippen LogP contribution in [0.5, 0.6) is 0 Å². The van der Waals surface area contributed by atoms with Crippen molar-refractivity contribution >= 4 is 5.69 Å². The lowest BCUT2D eigenvalue weighted by Gasteiger charge is -2.36. The predicted molar refractivity (Wildman–Crippen MR) is 66.1 cm³/mol. The molecule has 0 aliphatic heterocycles. The molecule has 0 amide bonds. The minimum absolute atomic E-state index is 0.480. The SMILES string of the molecule is CN(CC(O)c1ccccc1N)C1CCC1. The van der Waals surface area contributed by atoms with Crippen molar-refractivity contribution in [2.24, 2.45) is 0 Å². The van der Waals surface area contributed by atoms with Gasteiger partial charge in [-0.1, -0.05) is 24.6 Å². The lowest BCUT2D eigenvalue weighted by atomic mass is 9.91. The number of rotatable bonds is 4. The number of nitrogens with two attached hydrogens (primary N) is 1. The van der Waals surface area contributed by atoms with Gasteiger partial charge in [0.1, 0.15) is 0 Å². The fourth-order valence-corrected chi connectivity index (χ4v) is 2.16. The molecule has 1 aromatic carbocycles. The Hall–Kier alpha value is -1.06. The number of benzene rings is 1. The Kier molecular flexibility index (Phi) is 3.46. The van der Waals surface area contributed by atoms with E-state index in [-0.39, 0.29) is 0 Å². The van der Waals surface area contributed by atoms with E-state index in [0.29, 0.717) is 18.3 Å². The van der Waals surface area contributed by atoms with Gasteiger partial charge in [-0.05, 0) is 26.0 Å². The highest BCUT2D eigenvalue weighted by Crippen LogP contribution is 2.26. The van der Waals surface area contributed by atoms with Gasteiger partial charge < -0.3 is 15.7 Å². The molecule has 3 nitrogen and oxygen atoms in total. The summed E-state index contributed by atoms with van der Waals surface area (Å²) in [6, 6.07) is 8.19. The van der Waals surface area contributed by atoms with Crippen LogP contribution in [0.25, 0.3) is 0 Å². The third-order valence-corrected chi connectivity index (χ3v) is 3.51. The summed E-state index contributed by atoms with van der Waals surface area (Å²) < 4.78 is 0. The quantitative estimate of drug-likeness (QED) is 0.761. The Bertz CT molecular complexity index is 350. The van der Waals surface area contributed by atoms with Crippen molar-refractivity contribution in [2.45, 2.75) is 31.4 Å². The number of aliphatic hydroxyl groups excluding tert-OH is 1. The summed E-state index contributed by atoms with van der Waals surface area (Å²) in [5, 5.41) is 10.1. The van der Waals surface area contributed by atoms with Gasteiger partial charge in [0.2, 0.25) is 0 Å². The number of anilines is 1. The first-order chi connectivity index (χ1) is 7.68. The lowest BCUT2D eigenvalue weighted by molar-refractivity contribution is 0.0780. The van der Waals surface area contributed by atoms with Crippen molar-refractivity contribution in [3.63, 3.8) is 0 Å². The molecule has 2 rings (SSSR count). The van der Waals surface area contributed by atoms with E-state index in [1.165, 1.54) is 19.3 Å². The Labute approximate surface area is 96.9 Å². The summed E-state index contributed by atoms with van der Waals surface area (Å²) in [6.07, 6.45) is 3.35. The largest absolute Gasteiger partial charge is 0.398 e. The number of aliphatic hydroxyl groups is 1. The van der Waals surface area contributed by atoms with Gasteiger partial charge in [-0.3, -0.25) is 0 Å². The lowest BCUT2D eigenvalue weighted by Crippen LogP contribution is -2.39. The molecule has 0 saturated heterocycles. The zero-order valence-electron chi connectivity index (χ0n) is 9.76. The Morgan fingerprint density at radius 3 is 2.69 bits per heavy atom. The molecule has 1 aliphatic rings. The third kappa shape index (κ3) is 2.36. The zero-order chi connectivity index (χ0) is 11.5. The minimum Gasteiger partial charge on any atom is -0.398 e. The van der Waals surface area contributed by atoms with E-state index in [2.05, 4.69) is 11.9 Å². The molecule has 0 radical (unpaired) electrons. The van der Waals surface area contributed by atoms with Crippen molar-refractivity contribution < 1.29 is 5.11 Å². The van der Waals surface area contributed by atoms with E-state index in [9.17, 15) is 5.11 Å². The average molecular weight is 220 g/mol. The van der Waals surface area contributed by atoms with Crippen molar-refractivity contribution in [1.29, 1.82) is 0 Å². The molecule has 0 spiro atoms. The van der Waals surface area contributed by atoms with Gasteiger partial charge in [-0.2, -0.15) is 0 Å². The van der Waals surface area contributed by atoms with Crippen LogP contribution in [-0.2, 0) is 0 Å². The second kappa shape index (κ2) is 4.85. The van der Waals surface area contributed by atoms with Crippen molar-refractivity contribution in [3.05, 3.63) is 29.8 Å². The maximum absolute atomic E-state index is 10.1. The number of para-hydroxylation sites is 1. The summed E-state index contributed by atoms with van der Waals surface area (Å²) in [5.41, 5.74) is 7.36. The fourth-order valence-electron chi connectivity index (χ4n) is 2.16. The standard InChI is InChI=1S/C13H20N2O/c1-15(10-5-4-6-10)9-13(16)11-7-2-3-8-12(11)14/h2-3,7-8,10,13,16H,4-6,9,14H2,1H3. The summed E-state index contributed by atoms with van der Waals surface area (Å²) in [7, 11) is 2.08. The normalized spacial score (nSPS) is 18.4. The van der Waals surface area contributed by atoms with E-state index in [1.807, 2.05) is 24.3 Å². The molecular weight excluding hydrogens is 200 g/mol. The molecule has 1 aliphatic carbocycles. The number of nitrogen functional groups attached to an aromatic ring is 1. The van der Waals surface area contributed by atoms with E-state index in [1.54, 1.807) is 0 Å². The highest BCUT2D eigenvalue weighted by atomic mass is 16.3. The van der Waals surface area contributed by atoms with Crippen LogP contribution in [0.15, 0.2) is 24.3 Å². The fraction of sp³-hybridized carbons (Fsp3) is 0.538. The summed E-state index contributed by atoms with van der Waals surface area (Å²) in [5.74, 6) is 0. The Balaban J connectivity index is 1.96. The predicted octanol–water partition coefficient (Wildman–Crippen LogP) is 1.79. The Morgan fingerprint density at radius 2 is 2.12 bits per heavy atom. The smallest absolute Gasteiger partial charge is 0.0936 e. The molecule has 0 heterocycles. The van der Waals surface area contributed by atoms with Crippen molar-refractivity contribution in [2.75, 3.05) is 19.3 Å². The van der Waals surface area contributed by atoms with Crippen LogP contribution in [0.4, 0.5) is 5.69 Å². The zero-order valence-corrected chi connectivity index (χ0v) is 9.76. The number of likely N-dealkylation sites (N-methyl/N-ethyl adjacent to an activating group) is 1. The molecule has 1 aromatic rings. The van der Waals surface area contributed by atoms with Crippen LogP contribution < -0.4 is 5.73 Å². The maximum atomic E-state index is 10.1. The third-order valence-electron chi connectivity index (χ3n) is 3.51.